The number of amides is 1. The molecule has 1 aromatic heterocycles. The summed E-state index contributed by atoms with van der Waals surface area (Å²) in [6.07, 6.45) is 4.77. The highest BCUT2D eigenvalue weighted by Gasteiger charge is 2.41. The van der Waals surface area contributed by atoms with Crippen molar-refractivity contribution >= 4 is 16.9 Å². The first-order valence-corrected chi connectivity index (χ1v) is 9.57. The summed E-state index contributed by atoms with van der Waals surface area (Å²) < 4.78 is 5.54. The van der Waals surface area contributed by atoms with E-state index in [0.29, 0.717) is 5.92 Å². The van der Waals surface area contributed by atoms with Crippen LogP contribution in [0.15, 0.2) is 36.7 Å². The molecule has 1 saturated heterocycles. The second-order valence-electron chi connectivity index (χ2n) is 7.67. The minimum absolute atomic E-state index is 0.123. The fourth-order valence-corrected chi connectivity index (χ4v) is 4.89. The number of benzene rings is 2. The van der Waals surface area contributed by atoms with E-state index in [4.69, 9.17) is 4.74 Å². The van der Waals surface area contributed by atoms with Crippen molar-refractivity contribution in [1.29, 1.82) is 0 Å². The summed E-state index contributed by atoms with van der Waals surface area (Å²) in [5.74, 6) is 1.48. The predicted octanol–water partition coefficient (Wildman–Crippen LogP) is 3.82. The van der Waals surface area contributed by atoms with Crippen LogP contribution in [0.25, 0.3) is 11.0 Å². The van der Waals surface area contributed by atoms with Crippen molar-refractivity contribution in [3.05, 3.63) is 58.9 Å². The number of aromatic amines is 1. The molecule has 5 heteroatoms. The zero-order chi connectivity index (χ0) is 18.5. The predicted molar refractivity (Wildman–Crippen MR) is 104 cm³/mol. The molecule has 2 atom stereocenters. The van der Waals surface area contributed by atoms with E-state index in [1.807, 2.05) is 18.2 Å². The van der Waals surface area contributed by atoms with Crippen molar-refractivity contribution in [1.82, 2.24) is 14.9 Å². The van der Waals surface area contributed by atoms with Crippen LogP contribution in [0.5, 0.6) is 5.75 Å². The average molecular weight is 361 g/mol. The molecule has 5 nitrogen and oxygen atoms in total. The van der Waals surface area contributed by atoms with E-state index in [9.17, 15) is 4.79 Å². The van der Waals surface area contributed by atoms with Crippen LogP contribution in [0.3, 0.4) is 0 Å². The Morgan fingerprint density at radius 3 is 3.04 bits per heavy atom. The Morgan fingerprint density at radius 1 is 1.30 bits per heavy atom. The number of nitrogens with zero attached hydrogens (tertiary/aromatic N) is 2. The van der Waals surface area contributed by atoms with E-state index < -0.39 is 0 Å². The molecule has 1 aliphatic carbocycles. The molecule has 138 valence electrons. The molecule has 0 saturated carbocycles. The van der Waals surface area contributed by atoms with Gasteiger partial charge in [-0.1, -0.05) is 6.07 Å². The van der Waals surface area contributed by atoms with E-state index in [1.165, 1.54) is 11.1 Å². The first kappa shape index (κ1) is 16.4. The molecule has 0 unspecified atom stereocenters. The van der Waals surface area contributed by atoms with Crippen LogP contribution in [0, 0.1) is 6.92 Å². The number of carbonyl (C=O) groups excluding carboxylic acids is 1. The second-order valence-corrected chi connectivity index (χ2v) is 7.67. The lowest BCUT2D eigenvalue weighted by Gasteiger charge is -2.38. The van der Waals surface area contributed by atoms with Crippen LogP contribution < -0.4 is 4.74 Å². The van der Waals surface area contributed by atoms with Gasteiger partial charge in [0.25, 0.3) is 5.91 Å². The van der Waals surface area contributed by atoms with Gasteiger partial charge in [0.2, 0.25) is 0 Å². The van der Waals surface area contributed by atoms with Crippen molar-refractivity contribution in [3.63, 3.8) is 0 Å². The van der Waals surface area contributed by atoms with E-state index >= 15 is 0 Å². The van der Waals surface area contributed by atoms with E-state index in [-0.39, 0.29) is 11.9 Å². The van der Waals surface area contributed by atoms with Crippen molar-refractivity contribution in [2.45, 2.75) is 38.1 Å². The fourth-order valence-electron chi connectivity index (χ4n) is 4.89. The Kier molecular flexibility index (Phi) is 3.71. The highest BCUT2D eigenvalue weighted by atomic mass is 16.5. The minimum atomic E-state index is 0.123. The van der Waals surface area contributed by atoms with Crippen LogP contribution in [-0.4, -0.2) is 40.5 Å². The summed E-state index contributed by atoms with van der Waals surface area (Å²) >= 11 is 0. The number of hydrogen-bond donors (Lipinski definition) is 1. The topological polar surface area (TPSA) is 58.2 Å². The number of methoxy groups -OCH3 is 1. The maximum Gasteiger partial charge on any atom is 0.254 e. The summed E-state index contributed by atoms with van der Waals surface area (Å²) in [4.78, 5) is 22.8. The number of hydrogen-bond acceptors (Lipinski definition) is 3. The summed E-state index contributed by atoms with van der Waals surface area (Å²) in [6.45, 7) is 2.91. The minimum Gasteiger partial charge on any atom is -0.496 e. The molecule has 1 fully saturated rings. The van der Waals surface area contributed by atoms with E-state index in [1.54, 1.807) is 13.4 Å². The molecule has 27 heavy (non-hydrogen) atoms. The van der Waals surface area contributed by atoms with Gasteiger partial charge in [0.15, 0.2) is 0 Å². The van der Waals surface area contributed by atoms with Crippen LogP contribution >= 0.6 is 0 Å². The third kappa shape index (κ3) is 2.52. The van der Waals surface area contributed by atoms with Gasteiger partial charge < -0.3 is 14.6 Å². The maximum atomic E-state index is 13.3. The van der Waals surface area contributed by atoms with Gasteiger partial charge in [-0.2, -0.15) is 0 Å². The Hall–Kier alpha value is -2.82. The molecule has 2 heterocycles. The highest BCUT2D eigenvalue weighted by molar-refractivity contribution is 5.97. The Labute approximate surface area is 158 Å². The van der Waals surface area contributed by atoms with Crippen LogP contribution in [0.2, 0.25) is 0 Å². The molecule has 2 aliphatic rings. The molecule has 1 aliphatic heterocycles. The fraction of sp³-hybridized carbons (Fsp3) is 0.364. The zero-order valence-corrected chi connectivity index (χ0v) is 15.7. The normalized spacial score (nSPS) is 21.2. The summed E-state index contributed by atoms with van der Waals surface area (Å²) in [5.41, 5.74) is 6.42. The number of rotatable bonds is 2. The Morgan fingerprint density at radius 2 is 2.19 bits per heavy atom. The summed E-state index contributed by atoms with van der Waals surface area (Å²) in [5, 5.41) is 0. The number of imidazole rings is 1. The van der Waals surface area contributed by atoms with Crippen LogP contribution in [0.1, 0.15) is 45.8 Å². The van der Waals surface area contributed by atoms with Crippen LogP contribution in [0.4, 0.5) is 0 Å². The lowest BCUT2D eigenvalue weighted by atomic mass is 9.88. The van der Waals surface area contributed by atoms with Crippen molar-refractivity contribution in [2.24, 2.45) is 0 Å². The molecular weight excluding hydrogens is 338 g/mol. The van der Waals surface area contributed by atoms with Gasteiger partial charge >= 0.3 is 0 Å². The number of aromatic nitrogens is 2. The molecular formula is C22H23N3O2. The van der Waals surface area contributed by atoms with Gasteiger partial charge in [-0.3, -0.25) is 4.79 Å². The third-order valence-corrected chi connectivity index (χ3v) is 6.19. The number of piperidine rings is 1. The number of likely N-dealkylation sites (tertiary alicyclic amines) is 1. The summed E-state index contributed by atoms with van der Waals surface area (Å²) in [7, 11) is 1.73. The molecule has 0 spiro atoms. The molecule has 5 rings (SSSR count). The molecule has 0 radical (unpaired) electrons. The highest BCUT2D eigenvalue weighted by Crippen LogP contribution is 2.44. The SMILES string of the molecule is COc1cc2c(cc1C)C[C@@H]1[C@H]2CCCN1C(=O)c1ccc2nc[nH]c2c1. The average Bonchev–Trinajstić information content (AvgIpc) is 3.29. The van der Waals surface area contributed by atoms with Gasteiger partial charge in [0.1, 0.15) is 5.75 Å². The van der Waals surface area contributed by atoms with Crippen LogP contribution in [-0.2, 0) is 6.42 Å². The number of H-pyrrole nitrogens is 1. The van der Waals surface area contributed by atoms with Gasteiger partial charge in [-0.25, -0.2) is 4.98 Å². The van der Waals surface area contributed by atoms with Gasteiger partial charge in [0.05, 0.1) is 24.5 Å². The second kappa shape index (κ2) is 6.12. The zero-order valence-electron chi connectivity index (χ0n) is 15.7. The molecule has 2 aromatic carbocycles. The first-order valence-electron chi connectivity index (χ1n) is 9.57. The van der Waals surface area contributed by atoms with Gasteiger partial charge in [0, 0.05) is 24.1 Å². The van der Waals surface area contributed by atoms with E-state index in [0.717, 1.165) is 53.7 Å². The lowest BCUT2D eigenvalue weighted by Crippen LogP contribution is -2.46. The number of fused-ring (bicyclic) bond motifs is 4. The quantitative estimate of drug-likeness (QED) is 0.755. The van der Waals surface area contributed by atoms with Crippen molar-refractivity contribution in [3.8, 4) is 5.75 Å². The number of carbonyl (C=O) groups is 1. The monoisotopic (exact) mass is 361 g/mol. The smallest absolute Gasteiger partial charge is 0.254 e. The molecule has 1 amide bonds. The number of aryl methyl sites for hydroxylation is 1. The Balaban J connectivity index is 1.48. The standard InChI is InChI=1S/C22H23N3O2/c1-13-8-15-10-20-16(17(15)11-21(13)27-2)4-3-7-25(20)22(26)14-5-6-18-19(9-14)24-12-23-18/h5-6,8-9,11-12,16,20H,3-4,7,10H2,1-2H3,(H,23,24)/t16-,20+/m0/s1. The van der Waals surface area contributed by atoms with E-state index in [2.05, 4.69) is 33.9 Å². The number of nitrogens with one attached hydrogen (secondary N) is 1. The molecule has 0 bridgehead atoms. The number of ether oxygens (including phenoxy) is 1. The molecule has 3 aromatic rings. The van der Waals surface area contributed by atoms with Gasteiger partial charge in [-0.05, 0) is 67.1 Å². The molecule has 1 N–H and O–H groups in total. The van der Waals surface area contributed by atoms with Gasteiger partial charge in [-0.15, -0.1) is 0 Å². The summed E-state index contributed by atoms with van der Waals surface area (Å²) in [6, 6.07) is 10.4. The Bertz CT molecular complexity index is 1040. The first-order chi connectivity index (χ1) is 13.2. The van der Waals surface area contributed by atoms with Crippen molar-refractivity contribution < 1.29 is 9.53 Å². The largest absolute Gasteiger partial charge is 0.496 e. The third-order valence-electron chi connectivity index (χ3n) is 6.19. The lowest BCUT2D eigenvalue weighted by molar-refractivity contribution is 0.0595. The maximum absolute atomic E-state index is 13.3. The van der Waals surface area contributed by atoms with Crippen molar-refractivity contribution in [2.75, 3.05) is 13.7 Å².